The Morgan fingerprint density at radius 2 is 2.62 bits per heavy atom. The molecule has 0 radical (unpaired) electrons. The zero-order valence-corrected chi connectivity index (χ0v) is 6.93. The molecular formula is C4H4ClIN2. The highest BCUT2D eigenvalue weighted by Crippen LogP contribution is 2.00. The molecule has 0 spiro atoms. The lowest BCUT2D eigenvalue weighted by Crippen LogP contribution is -1.89. The van der Waals surface area contributed by atoms with Crippen LogP contribution in [-0.2, 0) is 6.00 Å². The maximum atomic E-state index is 5.44. The number of alkyl halides is 1. The van der Waals surface area contributed by atoms with Crippen LogP contribution in [0, 0.1) is 3.57 Å². The Bertz CT molecular complexity index is 174. The highest BCUT2D eigenvalue weighted by Gasteiger charge is 1.88. The summed E-state index contributed by atoms with van der Waals surface area (Å²) < 4.78 is 2.78. The molecule has 0 aliphatic heterocycles. The fourth-order valence-electron chi connectivity index (χ4n) is 0.404. The zero-order chi connectivity index (χ0) is 5.98. The molecular weight excluding hydrogens is 238 g/mol. The van der Waals surface area contributed by atoms with Gasteiger partial charge in [-0.1, -0.05) is 0 Å². The predicted molar refractivity (Wildman–Crippen MR) is 40.8 cm³/mol. The van der Waals surface area contributed by atoms with Crippen molar-refractivity contribution in [2.24, 2.45) is 0 Å². The quantitative estimate of drug-likeness (QED) is 0.541. The van der Waals surface area contributed by atoms with E-state index in [2.05, 4.69) is 27.7 Å². The van der Waals surface area contributed by atoms with Crippen molar-refractivity contribution in [1.82, 2.24) is 9.78 Å². The van der Waals surface area contributed by atoms with E-state index in [1.165, 1.54) is 0 Å². The molecule has 0 N–H and O–H groups in total. The second kappa shape index (κ2) is 2.68. The summed E-state index contributed by atoms with van der Waals surface area (Å²) in [5.74, 6) is 0. The molecule has 0 unspecified atom stereocenters. The van der Waals surface area contributed by atoms with Crippen LogP contribution in [0.3, 0.4) is 0 Å². The van der Waals surface area contributed by atoms with Crippen molar-refractivity contribution in [2.45, 2.75) is 6.00 Å². The molecule has 8 heavy (non-hydrogen) atoms. The van der Waals surface area contributed by atoms with E-state index in [1.807, 2.05) is 6.20 Å². The van der Waals surface area contributed by atoms with E-state index >= 15 is 0 Å². The van der Waals surface area contributed by atoms with Crippen molar-refractivity contribution in [3.8, 4) is 0 Å². The largest absolute Gasteiger partial charge is 0.257 e. The van der Waals surface area contributed by atoms with Crippen LogP contribution in [0.5, 0.6) is 0 Å². The summed E-state index contributed by atoms with van der Waals surface area (Å²) in [6.45, 7) is 0. The van der Waals surface area contributed by atoms with Gasteiger partial charge in [-0.15, -0.1) is 11.6 Å². The van der Waals surface area contributed by atoms with Crippen LogP contribution in [0.2, 0.25) is 0 Å². The maximum absolute atomic E-state index is 5.44. The number of aromatic nitrogens is 2. The number of hydrogen-bond acceptors (Lipinski definition) is 1. The van der Waals surface area contributed by atoms with Crippen molar-refractivity contribution in [3.05, 3.63) is 16.0 Å². The molecule has 0 fully saturated rings. The molecule has 1 aromatic rings. The first-order valence-corrected chi connectivity index (χ1v) is 3.68. The highest BCUT2D eigenvalue weighted by molar-refractivity contribution is 14.1. The first kappa shape index (κ1) is 6.35. The van der Waals surface area contributed by atoms with Crippen LogP contribution >= 0.6 is 34.2 Å². The standard InChI is InChI=1S/C4H4ClIN2/c5-3-8-2-4(6)1-7-8/h1-2H,3H2. The first-order valence-electron chi connectivity index (χ1n) is 2.07. The average molecular weight is 242 g/mol. The van der Waals surface area contributed by atoms with E-state index < -0.39 is 0 Å². The van der Waals surface area contributed by atoms with Gasteiger partial charge in [0.25, 0.3) is 0 Å². The molecule has 44 valence electrons. The SMILES string of the molecule is ClCn1cc(I)cn1. The van der Waals surface area contributed by atoms with Gasteiger partial charge in [0.2, 0.25) is 0 Å². The normalized spacial score (nSPS) is 9.75. The van der Waals surface area contributed by atoms with Crippen LogP contribution in [-0.4, -0.2) is 9.78 Å². The Morgan fingerprint density at radius 1 is 1.88 bits per heavy atom. The van der Waals surface area contributed by atoms with Crippen LogP contribution in [0.1, 0.15) is 0 Å². The van der Waals surface area contributed by atoms with E-state index in [-0.39, 0.29) is 0 Å². The third kappa shape index (κ3) is 1.35. The summed E-state index contributed by atoms with van der Waals surface area (Å²) in [5, 5.41) is 3.91. The molecule has 2 nitrogen and oxygen atoms in total. The van der Waals surface area contributed by atoms with Crippen molar-refractivity contribution >= 4 is 34.2 Å². The lowest BCUT2D eigenvalue weighted by molar-refractivity contribution is 0.744. The van der Waals surface area contributed by atoms with Gasteiger partial charge in [0.1, 0.15) is 6.00 Å². The second-order valence-corrected chi connectivity index (χ2v) is 2.80. The summed E-state index contributed by atoms with van der Waals surface area (Å²) in [7, 11) is 0. The molecule has 0 aliphatic rings. The molecule has 0 aromatic carbocycles. The van der Waals surface area contributed by atoms with Crippen molar-refractivity contribution in [2.75, 3.05) is 0 Å². The summed E-state index contributed by atoms with van der Waals surface area (Å²) in [6, 6.07) is 0.434. The lowest BCUT2D eigenvalue weighted by Gasteiger charge is -1.86. The molecule has 0 saturated heterocycles. The van der Waals surface area contributed by atoms with Crippen LogP contribution in [0.4, 0.5) is 0 Å². The minimum absolute atomic E-state index is 0.434. The van der Waals surface area contributed by atoms with Crippen LogP contribution < -0.4 is 0 Å². The minimum Gasteiger partial charge on any atom is -0.257 e. The first-order chi connectivity index (χ1) is 3.83. The maximum Gasteiger partial charge on any atom is 0.115 e. The van der Waals surface area contributed by atoms with Gasteiger partial charge in [0.15, 0.2) is 0 Å². The molecule has 0 bridgehead atoms. The number of nitrogens with zero attached hydrogens (tertiary/aromatic N) is 2. The van der Waals surface area contributed by atoms with Gasteiger partial charge >= 0.3 is 0 Å². The van der Waals surface area contributed by atoms with Crippen molar-refractivity contribution in [3.63, 3.8) is 0 Å². The fourth-order valence-corrected chi connectivity index (χ4v) is 0.981. The summed E-state index contributed by atoms with van der Waals surface area (Å²) in [4.78, 5) is 0. The fraction of sp³-hybridized carbons (Fsp3) is 0.250. The smallest absolute Gasteiger partial charge is 0.115 e. The van der Waals surface area contributed by atoms with Crippen LogP contribution in [0.25, 0.3) is 0 Å². The molecule has 1 heterocycles. The number of halogens is 2. The Balaban J connectivity index is 2.84. The number of hydrogen-bond donors (Lipinski definition) is 0. The molecule has 0 saturated carbocycles. The Kier molecular flexibility index (Phi) is 2.13. The predicted octanol–water partition coefficient (Wildman–Crippen LogP) is 1.68. The van der Waals surface area contributed by atoms with Gasteiger partial charge in [0.05, 0.1) is 9.77 Å². The summed E-state index contributed by atoms with van der Waals surface area (Å²) in [5.41, 5.74) is 0. The van der Waals surface area contributed by atoms with Gasteiger partial charge < -0.3 is 0 Å². The molecule has 0 aliphatic carbocycles. The summed E-state index contributed by atoms with van der Waals surface area (Å²) in [6.07, 6.45) is 3.65. The monoisotopic (exact) mass is 242 g/mol. The van der Waals surface area contributed by atoms with Gasteiger partial charge in [-0.25, -0.2) is 0 Å². The van der Waals surface area contributed by atoms with Crippen molar-refractivity contribution in [1.29, 1.82) is 0 Å². The third-order valence-electron chi connectivity index (χ3n) is 0.724. The summed E-state index contributed by atoms with van der Waals surface area (Å²) >= 11 is 7.62. The van der Waals surface area contributed by atoms with Gasteiger partial charge in [-0.3, -0.25) is 4.68 Å². The van der Waals surface area contributed by atoms with Crippen molar-refractivity contribution < 1.29 is 0 Å². The minimum atomic E-state index is 0.434. The lowest BCUT2D eigenvalue weighted by atomic mass is 10.8. The van der Waals surface area contributed by atoms with Gasteiger partial charge in [0, 0.05) is 6.20 Å². The van der Waals surface area contributed by atoms with E-state index in [0.29, 0.717) is 6.00 Å². The highest BCUT2D eigenvalue weighted by atomic mass is 127. The molecule has 1 rings (SSSR count). The Morgan fingerprint density at radius 3 is 2.88 bits per heavy atom. The molecule has 0 amide bonds. The topological polar surface area (TPSA) is 17.8 Å². The van der Waals surface area contributed by atoms with E-state index in [0.717, 1.165) is 3.57 Å². The van der Waals surface area contributed by atoms with Gasteiger partial charge in [-0.2, -0.15) is 5.10 Å². The Labute approximate surface area is 66.0 Å². The molecule has 1 aromatic heterocycles. The van der Waals surface area contributed by atoms with E-state index in [1.54, 1.807) is 10.9 Å². The molecule has 0 atom stereocenters. The number of rotatable bonds is 1. The van der Waals surface area contributed by atoms with E-state index in [9.17, 15) is 0 Å². The van der Waals surface area contributed by atoms with E-state index in [4.69, 9.17) is 11.6 Å². The van der Waals surface area contributed by atoms with Crippen LogP contribution in [0.15, 0.2) is 12.4 Å². The second-order valence-electron chi connectivity index (χ2n) is 1.32. The molecule has 4 heteroatoms. The average Bonchev–Trinajstić information content (AvgIpc) is 2.14. The Hall–Kier alpha value is 0.230. The zero-order valence-electron chi connectivity index (χ0n) is 4.01. The third-order valence-corrected chi connectivity index (χ3v) is 1.53. The van der Waals surface area contributed by atoms with Gasteiger partial charge in [-0.05, 0) is 22.6 Å².